The molecule has 1 aromatic heterocycles. The Balaban J connectivity index is 0.000000980. The summed E-state index contributed by atoms with van der Waals surface area (Å²) >= 11 is 1.29. The smallest absolute Gasteiger partial charge is 0.335 e. The molecule has 0 aliphatic carbocycles. The van der Waals surface area contributed by atoms with Crippen molar-refractivity contribution in [1.82, 2.24) is 4.98 Å². The van der Waals surface area contributed by atoms with Gasteiger partial charge in [-0.25, -0.2) is 9.78 Å². The molecule has 14 heavy (non-hydrogen) atoms. The lowest BCUT2D eigenvalue weighted by molar-refractivity contribution is -0.0000182. The molecule has 1 aromatic carbocycles. The number of aromatic nitrogens is 1. The number of fused-ring (bicyclic) bond motifs is 1. The molecule has 6 heteroatoms. The lowest BCUT2D eigenvalue weighted by Crippen LogP contribution is -3.00. The first kappa shape index (κ1) is 10.7. The number of benzene rings is 1. The number of hydrogen-bond acceptors (Lipinski definition) is 4. The Labute approximate surface area is 89.8 Å². The van der Waals surface area contributed by atoms with Crippen LogP contribution in [0.1, 0.15) is 10.4 Å². The van der Waals surface area contributed by atoms with Crippen LogP contribution in [0.25, 0.3) is 10.2 Å². The van der Waals surface area contributed by atoms with Gasteiger partial charge in [0.05, 0.1) is 15.8 Å². The number of hydrogen-bond donors (Lipinski definition) is 2. The van der Waals surface area contributed by atoms with E-state index in [1.54, 1.807) is 12.1 Å². The number of carboxylic acid groups (broad SMARTS) is 1. The summed E-state index contributed by atoms with van der Waals surface area (Å²) in [4.78, 5) is 14.6. The van der Waals surface area contributed by atoms with E-state index in [-0.39, 0.29) is 18.0 Å². The van der Waals surface area contributed by atoms with E-state index in [0.29, 0.717) is 5.13 Å². The van der Waals surface area contributed by atoms with Crippen molar-refractivity contribution < 1.29 is 22.3 Å². The Morgan fingerprint density at radius 1 is 1.50 bits per heavy atom. The molecule has 0 spiro atoms. The standard InChI is InChI=1S/C8H6N2O2S.ClH/c9-8-10-5-2-1-4(7(11)12)3-6(5)13-8;/h1-3H,(H2,9,10)(H,11,12);1H/p-1. The average Bonchev–Trinajstić information content (AvgIpc) is 2.42. The predicted octanol–water partition coefficient (Wildman–Crippen LogP) is -1.42. The van der Waals surface area contributed by atoms with Crippen LogP contribution in [0.5, 0.6) is 0 Å². The number of rotatable bonds is 1. The number of halogens is 1. The number of anilines is 1. The van der Waals surface area contributed by atoms with Gasteiger partial charge in [-0.05, 0) is 18.2 Å². The van der Waals surface area contributed by atoms with E-state index in [0.717, 1.165) is 10.2 Å². The Morgan fingerprint density at radius 3 is 2.86 bits per heavy atom. The van der Waals surface area contributed by atoms with Crippen LogP contribution in [0.2, 0.25) is 0 Å². The van der Waals surface area contributed by atoms with E-state index in [9.17, 15) is 4.79 Å². The van der Waals surface area contributed by atoms with Crippen molar-refractivity contribution in [3.8, 4) is 0 Å². The molecule has 0 bridgehead atoms. The first-order chi connectivity index (χ1) is 6.16. The fraction of sp³-hybridized carbons (Fsp3) is 0. The molecule has 2 rings (SSSR count). The van der Waals surface area contributed by atoms with Crippen molar-refractivity contribution in [3.05, 3.63) is 23.8 Å². The highest BCUT2D eigenvalue weighted by molar-refractivity contribution is 7.22. The van der Waals surface area contributed by atoms with Gasteiger partial charge in [-0.15, -0.1) is 0 Å². The van der Waals surface area contributed by atoms with Gasteiger partial charge in [0.1, 0.15) is 0 Å². The molecule has 3 N–H and O–H groups in total. The summed E-state index contributed by atoms with van der Waals surface area (Å²) in [5, 5.41) is 9.16. The van der Waals surface area contributed by atoms with Gasteiger partial charge in [0, 0.05) is 0 Å². The summed E-state index contributed by atoms with van der Waals surface area (Å²) in [6.07, 6.45) is 0. The number of nitrogens with two attached hydrogens (primary N) is 1. The van der Waals surface area contributed by atoms with Crippen LogP contribution in [-0.4, -0.2) is 16.1 Å². The van der Waals surface area contributed by atoms with Crippen LogP contribution in [0, 0.1) is 0 Å². The molecule has 0 radical (unpaired) electrons. The van der Waals surface area contributed by atoms with E-state index < -0.39 is 5.97 Å². The summed E-state index contributed by atoms with van der Waals surface area (Å²) < 4.78 is 0.803. The van der Waals surface area contributed by atoms with Gasteiger partial charge in [0.25, 0.3) is 0 Å². The van der Waals surface area contributed by atoms with Crippen LogP contribution >= 0.6 is 11.3 Å². The molecule has 2 aromatic rings. The minimum absolute atomic E-state index is 0. The van der Waals surface area contributed by atoms with Crippen LogP contribution in [0.15, 0.2) is 18.2 Å². The zero-order valence-corrected chi connectivity index (χ0v) is 8.47. The average molecular weight is 230 g/mol. The fourth-order valence-electron chi connectivity index (χ4n) is 1.08. The van der Waals surface area contributed by atoms with Crippen LogP contribution in [0.4, 0.5) is 5.13 Å². The van der Waals surface area contributed by atoms with Gasteiger partial charge in [-0.2, -0.15) is 0 Å². The van der Waals surface area contributed by atoms with Gasteiger partial charge >= 0.3 is 5.97 Å². The maximum absolute atomic E-state index is 10.6. The van der Waals surface area contributed by atoms with Crippen molar-refractivity contribution in [3.63, 3.8) is 0 Å². The highest BCUT2D eigenvalue weighted by Crippen LogP contribution is 2.24. The number of aromatic carboxylic acids is 1. The largest absolute Gasteiger partial charge is 1.00 e. The van der Waals surface area contributed by atoms with Crippen molar-refractivity contribution in [2.45, 2.75) is 0 Å². The molecular weight excluding hydrogens is 224 g/mol. The SMILES string of the molecule is Nc1nc2ccc(C(=O)O)cc2s1.[Cl-]. The van der Waals surface area contributed by atoms with Crippen LogP contribution in [0.3, 0.4) is 0 Å². The third-order valence-corrected chi connectivity index (χ3v) is 2.50. The number of carboxylic acids is 1. The molecule has 0 aliphatic heterocycles. The molecule has 0 atom stereocenters. The molecule has 0 saturated heterocycles. The highest BCUT2D eigenvalue weighted by Gasteiger charge is 2.06. The number of carbonyl (C=O) groups is 1. The van der Waals surface area contributed by atoms with E-state index in [1.807, 2.05) is 0 Å². The quantitative estimate of drug-likeness (QED) is 0.630. The zero-order valence-electron chi connectivity index (χ0n) is 6.90. The van der Waals surface area contributed by atoms with Crippen LogP contribution < -0.4 is 18.1 Å². The van der Waals surface area contributed by atoms with Gasteiger partial charge in [0.2, 0.25) is 0 Å². The molecule has 74 valence electrons. The number of thiazole rings is 1. The molecule has 0 saturated carbocycles. The lowest BCUT2D eigenvalue weighted by atomic mass is 10.2. The second kappa shape index (κ2) is 3.81. The first-order valence-corrected chi connectivity index (χ1v) is 4.38. The van der Waals surface area contributed by atoms with E-state index in [2.05, 4.69) is 4.98 Å². The Morgan fingerprint density at radius 2 is 2.21 bits per heavy atom. The van der Waals surface area contributed by atoms with Crippen molar-refractivity contribution in [2.75, 3.05) is 5.73 Å². The first-order valence-electron chi connectivity index (χ1n) is 3.56. The van der Waals surface area contributed by atoms with Gasteiger partial charge in [0.15, 0.2) is 5.13 Å². The Hall–Kier alpha value is -1.33. The summed E-state index contributed by atoms with van der Waals surface area (Å²) in [5.41, 5.74) is 6.48. The molecule has 1 heterocycles. The Bertz CT molecular complexity index is 483. The second-order valence-corrected chi connectivity index (χ2v) is 3.60. The van der Waals surface area contributed by atoms with Crippen molar-refractivity contribution in [2.24, 2.45) is 0 Å². The topological polar surface area (TPSA) is 76.2 Å². The second-order valence-electron chi connectivity index (χ2n) is 2.54. The molecule has 0 fully saturated rings. The number of nitrogens with zero attached hydrogens (tertiary/aromatic N) is 1. The van der Waals surface area contributed by atoms with E-state index in [1.165, 1.54) is 17.4 Å². The highest BCUT2D eigenvalue weighted by atomic mass is 35.5. The molecule has 0 aliphatic rings. The summed E-state index contributed by atoms with van der Waals surface area (Å²) in [7, 11) is 0. The molecule has 4 nitrogen and oxygen atoms in total. The minimum Gasteiger partial charge on any atom is -1.00 e. The maximum Gasteiger partial charge on any atom is 0.335 e. The summed E-state index contributed by atoms with van der Waals surface area (Å²) in [6.45, 7) is 0. The third-order valence-electron chi connectivity index (χ3n) is 1.65. The van der Waals surface area contributed by atoms with E-state index in [4.69, 9.17) is 10.8 Å². The normalized spacial score (nSPS) is 9.71. The minimum atomic E-state index is -0.936. The molecular formula is C8H6ClN2O2S-. The summed E-state index contributed by atoms with van der Waals surface area (Å²) in [5.74, 6) is -0.936. The van der Waals surface area contributed by atoms with Gasteiger partial charge in [-0.3, -0.25) is 0 Å². The van der Waals surface area contributed by atoms with Gasteiger partial charge in [-0.1, -0.05) is 11.3 Å². The zero-order chi connectivity index (χ0) is 9.42. The fourth-order valence-corrected chi connectivity index (χ4v) is 1.85. The molecule has 0 unspecified atom stereocenters. The lowest BCUT2D eigenvalue weighted by Gasteiger charge is -1.91. The van der Waals surface area contributed by atoms with Crippen LogP contribution in [-0.2, 0) is 0 Å². The van der Waals surface area contributed by atoms with Crippen molar-refractivity contribution in [1.29, 1.82) is 0 Å². The van der Waals surface area contributed by atoms with Crippen molar-refractivity contribution >= 4 is 32.7 Å². The monoisotopic (exact) mass is 229 g/mol. The third kappa shape index (κ3) is 1.78. The predicted molar refractivity (Wildman–Crippen MR) is 51.0 cm³/mol. The molecule has 0 amide bonds. The van der Waals surface area contributed by atoms with E-state index >= 15 is 0 Å². The van der Waals surface area contributed by atoms with Gasteiger partial charge < -0.3 is 23.2 Å². The number of nitrogen functional groups attached to an aromatic ring is 1. The Kier molecular flexibility index (Phi) is 2.93. The summed E-state index contributed by atoms with van der Waals surface area (Å²) in [6, 6.07) is 4.75. The maximum atomic E-state index is 10.6.